The van der Waals surface area contributed by atoms with Gasteiger partial charge in [-0.25, -0.2) is 9.37 Å². The minimum Gasteiger partial charge on any atom is -0.365 e. The summed E-state index contributed by atoms with van der Waals surface area (Å²) in [4.78, 5) is 34.0. The Hall–Kier alpha value is -3.33. The number of rotatable bonds is 4. The normalized spacial score (nSPS) is 14.3. The van der Waals surface area contributed by atoms with Gasteiger partial charge in [-0.15, -0.1) is 0 Å². The number of amides is 1. The van der Waals surface area contributed by atoms with Crippen LogP contribution in [0.15, 0.2) is 35.1 Å². The number of carbonyl (C=O) groups excluding carboxylic acids is 1. The van der Waals surface area contributed by atoms with Gasteiger partial charge in [0, 0.05) is 55.8 Å². The van der Waals surface area contributed by atoms with E-state index in [2.05, 4.69) is 20.2 Å². The molecule has 3 heterocycles. The van der Waals surface area contributed by atoms with Gasteiger partial charge >= 0.3 is 0 Å². The fourth-order valence-corrected chi connectivity index (χ4v) is 4.15. The molecule has 9 heteroatoms. The minimum absolute atomic E-state index is 0.0287. The molecule has 7 nitrogen and oxygen atoms in total. The number of aromatic amines is 1. The van der Waals surface area contributed by atoms with Crippen molar-refractivity contribution in [3.63, 3.8) is 0 Å². The fourth-order valence-electron chi connectivity index (χ4n) is 4.15. The molecule has 0 radical (unpaired) electrons. The van der Waals surface area contributed by atoms with Crippen LogP contribution in [0.4, 0.5) is 14.5 Å². The molecule has 1 aliphatic rings. The van der Waals surface area contributed by atoms with E-state index >= 15 is 4.39 Å². The van der Waals surface area contributed by atoms with Crippen LogP contribution < -0.4 is 15.8 Å². The molecule has 4 rings (SSSR count). The molecular formula is C27H37F2N5O2. The van der Waals surface area contributed by atoms with E-state index in [9.17, 15) is 14.0 Å². The molecule has 196 valence electrons. The first-order chi connectivity index (χ1) is 17.3. The number of nitrogens with one attached hydrogen (secondary N) is 2. The van der Waals surface area contributed by atoms with Crippen molar-refractivity contribution in [3.8, 4) is 0 Å². The standard InChI is InChI=1S/C23H25F2N5O2.2C2H6/c1-13-12-15-4-5-16(19(24)20(15)28-22(13)31)14(2)29-8-10-30(11-9-29)18-7-6-17(23(32)26-3)27-21(18)25;2*1-2/h4-7,12,14H,8-11H2,1-3H3,(H,26,32)(H,28,31);2*1-2H3. The smallest absolute Gasteiger partial charge is 0.269 e. The number of hydrogen-bond acceptors (Lipinski definition) is 5. The Bertz CT molecular complexity index is 1240. The highest BCUT2D eigenvalue weighted by molar-refractivity contribution is 5.92. The Morgan fingerprint density at radius 3 is 2.28 bits per heavy atom. The maximum atomic E-state index is 15.2. The summed E-state index contributed by atoms with van der Waals surface area (Å²) in [6.45, 7) is 13.9. The SMILES string of the molecule is CC.CC.CNC(=O)c1ccc(N2CCN(C(C)c3ccc4cc(C)c(=O)[nH]c4c3F)CC2)c(F)n1. The molecule has 2 aromatic heterocycles. The zero-order valence-electron chi connectivity index (χ0n) is 22.2. The van der Waals surface area contributed by atoms with Gasteiger partial charge < -0.3 is 15.2 Å². The van der Waals surface area contributed by atoms with Crippen molar-refractivity contribution < 1.29 is 13.6 Å². The van der Waals surface area contributed by atoms with Crippen molar-refractivity contribution in [1.82, 2.24) is 20.2 Å². The Morgan fingerprint density at radius 2 is 1.69 bits per heavy atom. The van der Waals surface area contributed by atoms with Crippen LogP contribution in [0.5, 0.6) is 0 Å². The Morgan fingerprint density at radius 1 is 1.06 bits per heavy atom. The van der Waals surface area contributed by atoms with Crippen LogP contribution in [0.2, 0.25) is 0 Å². The third-order valence-corrected chi connectivity index (χ3v) is 6.11. The quantitative estimate of drug-likeness (QED) is 0.502. The van der Waals surface area contributed by atoms with Crippen molar-refractivity contribution in [2.24, 2.45) is 0 Å². The number of anilines is 1. The highest BCUT2D eigenvalue weighted by Gasteiger charge is 2.26. The zero-order chi connectivity index (χ0) is 27.0. The number of benzene rings is 1. The van der Waals surface area contributed by atoms with Crippen LogP contribution in [0, 0.1) is 18.7 Å². The summed E-state index contributed by atoms with van der Waals surface area (Å²) >= 11 is 0. The molecule has 1 fully saturated rings. The van der Waals surface area contributed by atoms with Gasteiger partial charge in [-0.2, -0.15) is 4.39 Å². The second-order valence-corrected chi connectivity index (χ2v) is 8.00. The van der Waals surface area contributed by atoms with Crippen LogP contribution >= 0.6 is 0 Å². The number of carbonyl (C=O) groups is 1. The monoisotopic (exact) mass is 501 g/mol. The van der Waals surface area contributed by atoms with E-state index < -0.39 is 17.7 Å². The summed E-state index contributed by atoms with van der Waals surface area (Å²) in [6.07, 6.45) is 0. The van der Waals surface area contributed by atoms with Crippen LogP contribution in [0.25, 0.3) is 10.9 Å². The highest BCUT2D eigenvalue weighted by atomic mass is 19.1. The Kier molecular flexibility index (Phi) is 10.5. The lowest BCUT2D eigenvalue weighted by Crippen LogP contribution is -2.47. The average molecular weight is 502 g/mol. The van der Waals surface area contributed by atoms with Gasteiger partial charge in [0.05, 0.1) is 11.2 Å². The molecule has 0 spiro atoms. The predicted octanol–water partition coefficient (Wildman–Crippen LogP) is 4.80. The summed E-state index contributed by atoms with van der Waals surface area (Å²) < 4.78 is 29.7. The Balaban J connectivity index is 0.00000109. The molecule has 1 aromatic carbocycles. The molecule has 2 N–H and O–H groups in total. The third-order valence-electron chi connectivity index (χ3n) is 6.11. The van der Waals surface area contributed by atoms with Crippen molar-refractivity contribution in [1.29, 1.82) is 0 Å². The van der Waals surface area contributed by atoms with Gasteiger partial charge in [-0.3, -0.25) is 14.5 Å². The van der Waals surface area contributed by atoms with Gasteiger partial charge in [0.15, 0.2) is 5.82 Å². The number of pyridine rings is 2. The minimum atomic E-state index is -0.688. The maximum Gasteiger partial charge on any atom is 0.269 e. The van der Waals surface area contributed by atoms with E-state index in [0.29, 0.717) is 48.4 Å². The van der Waals surface area contributed by atoms with Gasteiger partial charge in [0.1, 0.15) is 5.69 Å². The topological polar surface area (TPSA) is 81.3 Å². The zero-order valence-corrected chi connectivity index (χ0v) is 22.2. The third kappa shape index (κ3) is 6.07. The molecule has 0 aliphatic carbocycles. The number of hydrogen-bond donors (Lipinski definition) is 2. The van der Waals surface area contributed by atoms with E-state index in [1.165, 1.54) is 13.1 Å². The molecule has 1 saturated heterocycles. The summed E-state index contributed by atoms with van der Waals surface area (Å²) in [6, 6.07) is 8.10. The lowest BCUT2D eigenvalue weighted by Gasteiger charge is -2.39. The second-order valence-electron chi connectivity index (χ2n) is 8.00. The number of halogens is 2. The molecule has 0 bridgehead atoms. The van der Waals surface area contributed by atoms with E-state index in [1.54, 1.807) is 25.1 Å². The van der Waals surface area contributed by atoms with Crippen molar-refractivity contribution in [2.75, 3.05) is 38.1 Å². The van der Waals surface area contributed by atoms with Crippen LogP contribution in [-0.4, -0.2) is 54.0 Å². The van der Waals surface area contributed by atoms with Gasteiger partial charge in [-0.05, 0) is 32.0 Å². The lowest BCUT2D eigenvalue weighted by atomic mass is 10.0. The average Bonchev–Trinajstić information content (AvgIpc) is 2.91. The summed E-state index contributed by atoms with van der Waals surface area (Å²) in [5.41, 5.74) is 1.34. The van der Waals surface area contributed by atoms with Crippen molar-refractivity contribution >= 4 is 22.5 Å². The number of fused-ring (bicyclic) bond motifs is 1. The number of piperazine rings is 1. The molecule has 3 aromatic rings. The summed E-state index contributed by atoms with van der Waals surface area (Å²) in [5, 5.41) is 3.08. The van der Waals surface area contributed by atoms with E-state index in [4.69, 9.17) is 0 Å². The summed E-state index contributed by atoms with van der Waals surface area (Å²) in [5.74, 6) is -1.55. The second kappa shape index (κ2) is 13.1. The van der Waals surface area contributed by atoms with Crippen molar-refractivity contribution in [3.05, 3.63) is 69.3 Å². The molecule has 1 atom stereocenters. The van der Waals surface area contributed by atoms with Crippen LogP contribution in [0.3, 0.4) is 0 Å². The molecule has 1 unspecified atom stereocenters. The highest BCUT2D eigenvalue weighted by Crippen LogP contribution is 2.29. The number of nitrogens with zero attached hydrogens (tertiary/aromatic N) is 3. The predicted molar refractivity (Wildman–Crippen MR) is 142 cm³/mol. The molecule has 1 amide bonds. The van der Waals surface area contributed by atoms with E-state index in [1.807, 2.05) is 45.6 Å². The van der Waals surface area contributed by atoms with Crippen molar-refractivity contribution in [2.45, 2.75) is 47.6 Å². The first kappa shape index (κ1) is 28.9. The number of H-pyrrole nitrogens is 1. The molecular weight excluding hydrogens is 464 g/mol. The van der Waals surface area contributed by atoms with Crippen LogP contribution in [0.1, 0.15) is 62.3 Å². The van der Waals surface area contributed by atoms with Gasteiger partial charge in [0.2, 0.25) is 5.95 Å². The fraction of sp³-hybridized carbons (Fsp3) is 0.444. The summed E-state index contributed by atoms with van der Waals surface area (Å²) in [7, 11) is 1.47. The molecule has 0 saturated carbocycles. The number of aromatic nitrogens is 2. The lowest BCUT2D eigenvalue weighted by molar-refractivity contribution is 0.0957. The number of aryl methyl sites for hydroxylation is 1. The van der Waals surface area contributed by atoms with Gasteiger partial charge in [-0.1, -0.05) is 39.8 Å². The largest absolute Gasteiger partial charge is 0.365 e. The first-order valence-corrected chi connectivity index (χ1v) is 12.5. The van der Waals surface area contributed by atoms with E-state index in [0.717, 1.165) is 0 Å². The first-order valence-electron chi connectivity index (χ1n) is 12.5. The maximum absolute atomic E-state index is 15.2. The molecule has 1 aliphatic heterocycles. The molecule has 36 heavy (non-hydrogen) atoms. The Labute approximate surface area is 211 Å². The van der Waals surface area contributed by atoms with Crippen LogP contribution in [-0.2, 0) is 0 Å². The van der Waals surface area contributed by atoms with Gasteiger partial charge in [0.25, 0.3) is 11.5 Å². The van der Waals surface area contributed by atoms with E-state index in [-0.39, 0.29) is 22.8 Å².